The maximum atomic E-state index is 15.2. The molecule has 0 aliphatic heterocycles. The minimum absolute atomic E-state index is 0.0106. The molecule has 4 rings (SSSR count). The molecule has 7 heteroatoms. The average molecular weight is 495 g/mol. The molecule has 3 aromatic rings. The van der Waals surface area contributed by atoms with Gasteiger partial charge in [0.25, 0.3) is 0 Å². The summed E-state index contributed by atoms with van der Waals surface area (Å²) >= 11 is 6.02. The van der Waals surface area contributed by atoms with Crippen molar-refractivity contribution in [2.75, 3.05) is 5.32 Å². The Labute approximate surface area is 209 Å². The van der Waals surface area contributed by atoms with Gasteiger partial charge >= 0.3 is 5.97 Å². The zero-order chi connectivity index (χ0) is 25.1. The Morgan fingerprint density at radius 2 is 1.97 bits per heavy atom. The van der Waals surface area contributed by atoms with Crippen LogP contribution in [0.15, 0.2) is 54.9 Å². The van der Waals surface area contributed by atoms with Crippen LogP contribution in [0.4, 0.5) is 10.1 Å². The molecule has 1 fully saturated rings. The third kappa shape index (κ3) is 5.54. The van der Waals surface area contributed by atoms with E-state index in [9.17, 15) is 9.59 Å². The molecule has 1 aromatic heterocycles. The zero-order valence-electron chi connectivity index (χ0n) is 19.7. The van der Waals surface area contributed by atoms with E-state index in [0.29, 0.717) is 27.4 Å². The molecule has 0 spiro atoms. The van der Waals surface area contributed by atoms with Crippen molar-refractivity contribution in [3.63, 3.8) is 0 Å². The molecule has 0 bridgehead atoms. The number of nitrogens with one attached hydrogen (secondary N) is 1. The molecule has 182 valence electrons. The number of carboxylic acids is 1. The fourth-order valence-corrected chi connectivity index (χ4v) is 5.01. The van der Waals surface area contributed by atoms with Crippen molar-refractivity contribution < 1.29 is 19.1 Å². The molecule has 5 nitrogen and oxygen atoms in total. The number of amides is 1. The summed E-state index contributed by atoms with van der Waals surface area (Å²) in [6, 6.07) is 12.1. The van der Waals surface area contributed by atoms with Crippen molar-refractivity contribution >= 4 is 29.2 Å². The lowest BCUT2D eigenvalue weighted by Crippen LogP contribution is -2.31. The molecule has 0 radical (unpaired) electrons. The van der Waals surface area contributed by atoms with Gasteiger partial charge in [0.05, 0.1) is 17.4 Å². The summed E-state index contributed by atoms with van der Waals surface area (Å²) in [5, 5.41) is 12.6. The monoisotopic (exact) mass is 494 g/mol. The van der Waals surface area contributed by atoms with Crippen molar-refractivity contribution in [2.24, 2.45) is 5.92 Å². The average Bonchev–Trinajstić information content (AvgIpc) is 2.76. The molecule has 2 N–H and O–H groups in total. The van der Waals surface area contributed by atoms with Crippen LogP contribution in [0.25, 0.3) is 11.1 Å². The first-order valence-corrected chi connectivity index (χ1v) is 12.1. The molecule has 0 unspecified atom stereocenters. The molecule has 1 saturated carbocycles. The number of aromatic nitrogens is 1. The first kappa shape index (κ1) is 24.9. The summed E-state index contributed by atoms with van der Waals surface area (Å²) in [4.78, 5) is 28.7. The van der Waals surface area contributed by atoms with Gasteiger partial charge in [-0.25, -0.2) is 4.39 Å². The predicted molar refractivity (Wildman–Crippen MR) is 135 cm³/mol. The minimum Gasteiger partial charge on any atom is -0.481 e. The van der Waals surface area contributed by atoms with Crippen molar-refractivity contribution in [1.82, 2.24) is 4.98 Å². The summed E-state index contributed by atoms with van der Waals surface area (Å²) in [6.45, 7) is 3.74. The first-order chi connectivity index (χ1) is 16.7. The van der Waals surface area contributed by atoms with Gasteiger partial charge < -0.3 is 10.4 Å². The van der Waals surface area contributed by atoms with Gasteiger partial charge in [0.1, 0.15) is 5.82 Å². The Bertz CT molecular complexity index is 1260. The number of carbonyl (C=O) groups is 2. The first-order valence-electron chi connectivity index (χ1n) is 11.8. The number of carboxylic acid groups (broad SMARTS) is 1. The largest absolute Gasteiger partial charge is 0.481 e. The van der Waals surface area contributed by atoms with Gasteiger partial charge in [0.15, 0.2) is 0 Å². The third-order valence-electron chi connectivity index (χ3n) is 6.92. The Morgan fingerprint density at radius 1 is 1.20 bits per heavy atom. The van der Waals surface area contributed by atoms with E-state index in [1.165, 1.54) is 12.3 Å². The van der Waals surface area contributed by atoms with Crippen molar-refractivity contribution in [3.05, 3.63) is 82.4 Å². The van der Waals surface area contributed by atoms with E-state index in [0.717, 1.165) is 30.4 Å². The maximum absolute atomic E-state index is 15.2. The molecular weight excluding hydrogens is 467 g/mol. The number of halogens is 2. The Kier molecular flexibility index (Phi) is 7.51. The quantitative estimate of drug-likeness (QED) is 0.355. The second-order valence-corrected chi connectivity index (χ2v) is 9.74. The normalized spacial score (nSPS) is 15.2. The number of anilines is 1. The van der Waals surface area contributed by atoms with Crippen molar-refractivity contribution in [2.45, 2.75) is 51.4 Å². The van der Waals surface area contributed by atoms with Gasteiger partial charge in [0, 0.05) is 29.2 Å². The van der Waals surface area contributed by atoms with Gasteiger partial charge in [-0.3, -0.25) is 14.6 Å². The van der Waals surface area contributed by atoms with E-state index in [1.54, 1.807) is 24.4 Å². The number of hydrogen-bond acceptors (Lipinski definition) is 3. The van der Waals surface area contributed by atoms with E-state index < -0.39 is 17.7 Å². The van der Waals surface area contributed by atoms with Crippen LogP contribution >= 0.6 is 11.6 Å². The van der Waals surface area contributed by atoms with E-state index in [1.807, 2.05) is 32.0 Å². The molecule has 1 heterocycles. The highest BCUT2D eigenvalue weighted by molar-refractivity contribution is 6.30. The second kappa shape index (κ2) is 10.6. The van der Waals surface area contributed by atoms with Crippen molar-refractivity contribution in [3.8, 4) is 11.1 Å². The molecule has 1 aliphatic carbocycles. The number of aliphatic carboxylic acids is 1. The molecule has 0 saturated heterocycles. The third-order valence-corrected chi connectivity index (χ3v) is 7.12. The highest BCUT2D eigenvalue weighted by Crippen LogP contribution is 2.41. The van der Waals surface area contributed by atoms with Gasteiger partial charge in [-0.2, -0.15) is 0 Å². The fraction of sp³-hybridized carbons (Fsp3) is 0.321. The highest BCUT2D eigenvalue weighted by Gasteiger charge is 2.34. The van der Waals surface area contributed by atoms with Crippen LogP contribution < -0.4 is 5.32 Å². The molecule has 1 amide bonds. The number of rotatable bonds is 8. The van der Waals surface area contributed by atoms with Crippen LogP contribution in [-0.2, 0) is 9.59 Å². The van der Waals surface area contributed by atoms with E-state index in [4.69, 9.17) is 16.7 Å². The Morgan fingerprint density at radius 3 is 2.60 bits per heavy atom. The van der Waals surface area contributed by atoms with E-state index in [2.05, 4.69) is 10.3 Å². The van der Waals surface area contributed by atoms with Crippen LogP contribution in [-0.4, -0.2) is 22.0 Å². The van der Waals surface area contributed by atoms with Crippen LogP contribution in [0.2, 0.25) is 5.02 Å². The van der Waals surface area contributed by atoms with Crippen molar-refractivity contribution in [1.29, 1.82) is 0 Å². The topological polar surface area (TPSA) is 79.3 Å². The SMILES string of the molecule is Cc1c(NC(=O)[C@H](c2ccc(-c3cncc(Cl)c3)c(F)c2)C2CCC2)cccc1[C@H](C)CC(=O)O. The summed E-state index contributed by atoms with van der Waals surface area (Å²) in [6.07, 6.45) is 5.93. The van der Waals surface area contributed by atoms with E-state index in [-0.39, 0.29) is 24.2 Å². The minimum atomic E-state index is -0.865. The number of nitrogens with zero attached hydrogens (tertiary/aromatic N) is 1. The lowest BCUT2D eigenvalue weighted by atomic mass is 9.72. The summed E-state index contributed by atoms with van der Waals surface area (Å²) in [5.41, 5.74) is 3.97. The molecule has 1 aliphatic rings. The van der Waals surface area contributed by atoms with Crippen LogP contribution in [0, 0.1) is 18.7 Å². The zero-order valence-corrected chi connectivity index (χ0v) is 20.5. The lowest BCUT2D eigenvalue weighted by Gasteiger charge is -2.33. The molecule has 2 aromatic carbocycles. The summed E-state index contributed by atoms with van der Waals surface area (Å²) in [5.74, 6) is -2.00. The predicted octanol–water partition coefficient (Wildman–Crippen LogP) is 6.95. The number of benzene rings is 2. The summed E-state index contributed by atoms with van der Waals surface area (Å²) in [7, 11) is 0. The van der Waals surface area contributed by atoms with Gasteiger partial charge in [-0.05, 0) is 66.5 Å². The number of pyridine rings is 1. The molecular formula is C28H28ClFN2O3. The highest BCUT2D eigenvalue weighted by atomic mass is 35.5. The van der Waals surface area contributed by atoms with E-state index >= 15 is 4.39 Å². The number of hydrogen-bond donors (Lipinski definition) is 2. The van der Waals surface area contributed by atoms with Gasteiger partial charge in [0.2, 0.25) is 5.91 Å². The Balaban J connectivity index is 1.61. The standard InChI is InChI=1S/C28H28ClFN2O3/c1-16(11-26(33)34)22-7-4-8-25(17(22)2)32-28(35)27(18-5-3-6-18)19-9-10-23(24(30)13-19)20-12-21(29)15-31-14-20/h4,7-10,12-16,18,27H,3,5-6,11H2,1-2H3,(H,32,35)(H,33,34)/t16-,27+/m1/s1. The molecule has 2 atom stereocenters. The number of carbonyl (C=O) groups excluding carboxylic acids is 1. The van der Waals surface area contributed by atoms with Gasteiger partial charge in [-0.1, -0.05) is 49.2 Å². The van der Waals surface area contributed by atoms with Crippen LogP contribution in [0.1, 0.15) is 61.1 Å². The Hall–Kier alpha value is -3.25. The van der Waals surface area contributed by atoms with Crippen LogP contribution in [0.3, 0.4) is 0 Å². The lowest BCUT2D eigenvalue weighted by molar-refractivity contribution is -0.137. The maximum Gasteiger partial charge on any atom is 0.303 e. The fourth-order valence-electron chi connectivity index (χ4n) is 4.83. The summed E-state index contributed by atoms with van der Waals surface area (Å²) < 4.78 is 15.2. The second-order valence-electron chi connectivity index (χ2n) is 9.31. The van der Waals surface area contributed by atoms with Gasteiger partial charge in [-0.15, -0.1) is 0 Å². The molecule has 35 heavy (non-hydrogen) atoms. The smallest absolute Gasteiger partial charge is 0.303 e. The van der Waals surface area contributed by atoms with Crippen LogP contribution in [0.5, 0.6) is 0 Å².